The van der Waals surface area contributed by atoms with Crippen LogP contribution in [-0.2, 0) is 11.2 Å². The van der Waals surface area contributed by atoms with Gasteiger partial charge < -0.3 is 20.3 Å². The fourth-order valence-electron chi connectivity index (χ4n) is 3.65. The Hall–Kier alpha value is -1.72. The van der Waals surface area contributed by atoms with Crippen molar-refractivity contribution in [2.45, 2.75) is 38.5 Å². The molecule has 0 radical (unpaired) electrons. The van der Waals surface area contributed by atoms with Crippen LogP contribution in [0.25, 0.3) is 0 Å². The first-order chi connectivity index (χ1) is 13.6. The number of benzene rings is 1. The molecule has 0 aliphatic heterocycles. The van der Waals surface area contributed by atoms with Gasteiger partial charge in [-0.25, -0.2) is 0 Å². The van der Waals surface area contributed by atoms with Crippen molar-refractivity contribution in [3.63, 3.8) is 0 Å². The topological polar surface area (TPSA) is 66.0 Å². The second kappa shape index (κ2) is 11.6. The van der Waals surface area contributed by atoms with Crippen molar-refractivity contribution < 1.29 is 22.7 Å². The second-order valence-electron chi connectivity index (χ2n) is 7.48. The van der Waals surface area contributed by atoms with Crippen molar-refractivity contribution in [1.82, 2.24) is 15.5 Å². The molecule has 170 valence electrons. The van der Waals surface area contributed by atoms with Gasteiger partial charge in [-0.1, -0.05) is 25.0 Å². The Kier molecular flexibility index (Phi) is 10.2. The molecule has 1 saturated carbocycles. The van der Waals surface area contributed by atoms with Gasteiger partial charge in [0.1, 0.15) is 5.75 Å². The van der Waals surface area contributed by atoms with Gasteiger partial charge in [0.2, 0.25) is 5.91 Å². The molecular weight excluding hydrogens is 512 g/mol. The van der Waals surface area contributed by atoms with E-state index < -0.39 is 11.8 Å². The number of amides is 1. The molecular formula is C20H30F3IN4O2. The molecule has 2 rings (SSSR count). The highest BCUT2D eigenvalue weighted by Gasteiger charge is 2.42. The highest BCUT2D eigenvalue weighted by Crippen LogP contribution is 2.38. The smallest absolute Gasteiger partial charge is 0.406 e. The number of hydrogen-bond donors (Lipinski definition) is 2. The minimum absolute atomic E-state index is 0. The molecule has 1 aliphatic rings. The van der Waals surface area contributed by atoms with Crippen molar-refractivity contribution >= 4 is 35.8 Å². The Morgan fingerprint density at radius 2 is 1.77 bits per heavy atom. The van der Waals surface area contributed by atoms with E-state index in [0.29, 0.717) is 25.5 Å². The van der Waals surface area contributed by atoms with Crippen LogP contribution in [0, 0.1) is 5.41 Å². The molecule has 6 nitrogen and oxygen atoms in total. The zero-order chi connectivity index (χ0) is 21.5. The summed E-state index contributed by atoms with van der Waals surface area (Å²) >= 11 is 0. The molecule has 1 amide bonds. The lowest BCUT2D eigenvalue weighted by Gasteiger charge is -2.31. The normalized spacial score (nSPS) is 15.9. The van der Waals surface area contributed by atoms with Crippen LogP contribution in [0.1, 0.15) is 31.2 Å². The molecule has 0 unspecified atom stereocenters. The maximum absolute atomic E-state index is 12.6. The average Bonchev–Trinajstić information content (AvgIpc) is 3.14. The van der Waals surface area contributed by atoms with Crippen LogP contribution in [0.5, 0.6) is 5.75 Å². The van der Waals surface area contributed by atoms with Crippen LogP contribution in [0.15, 0.2) is 29.3 Å². The van der Waals surface area contributed by atoms with Gasteiger partial charge in [0.25, 0.3) is 0 Å². The van der Waals surface area contributed by atoms with E-state index in [-0.39, 0.29) is 35.6 Å². The van der Waals surface area contributed by atoms with Crippen LogP contribution in [0.2, 0.25) is 0 Å². The summed E-state index contributed by atoms with van der Waals surface area (Å²) in [6, 6.07) is 5.80. The number of guanidine groups is 1. The van der Waals surface area contributed by atoms with Gasteiger partial charge in [0, 0.05) is 34.2 Å². The van der Waals surface area contributed by atoms with E-state index in [1.165, 1.54) is 12.1 Å². The number of hydrogen-bond acceptors (Lipinski definition) is 3. The number of carbonyl (C=O) groups excluding carboxylic acids is 1. The molecule has 30 heavy (non-hydrogen) atoms. The molecule has 0 heterocycles. The predicted octanol–water partition coefficient (Wildman–Crippen LogP) is 3.56. The van der Waals surface area contributed by atoms with E-state index in [1.54, 1.807) is 38.2 Å². The minimum Gasteiger partial charge on any atom is -0.406 e. The van der Waals surface area contributed by atoms with Gasteiger partial charge in [0.05, 0.1) is 5.41 Å². The molecule has 1 aromatic carbocycles. The lowest BCUT2D eigenvalue weighted by atomic mass is 9.84. The Morgan fingerprint density at radius 1 is 1.17 bits per heavy atom. The summed E-state index contributed by atoms with van der Waals surface area (Å²) in [6.07, 6.45) is -0.274. The Bertz CT molecular complexity index is 703. The van der Waals surface area contributed by atoms with E-state index in [4.69, 9.17) is 0 Å². The Labute approximate surface area is 192 Å². The van der Waals surface area contributed by atoms with E-state index in [2.05, 4.69) is 20.4 Å². The van der Waals surface area contributed by atoms with Crippen LogP contribution in [0.3, 0.4) is 0 Å². The van der Waals surface area contributed by atoms with Gasteiger partial charge in [-0.3, -0.25) is 9.79 Å². The standard InChI is InChI=1S/C20H29F3N4O2.HI/c1-24-18(26-14-19(11-4-5-12-19)17(28)27(2)3)25-13-10-15-6-8-16(9-7-15)29-20(21,22)23;/h6-9H,4-5,10-14H2,1-3H3,(H2,24,25,26);1H. The molecule has 10 heteroatoms. The third kappa shape index (κ3) is 7.84. The molecule has 0 atom stereocenters. The molecule has 1 aromatic rings. The largest absolute Gasteiger partial charge is 0.573 e. The minimum atomic E-state index is -4.69. The Morgan fingerprint density at radius 3 is 2.27 bits per heavy atom. The maximum Gasteiger partial charge on any atom is 0.573 e. The van der Waals surface area contributed by atoms with Crippen molar-refractivity contribution in [1.29, 1.82) is 0 Å². The highest BCUT2D eigenvalue weighted by atomic mass is 127. The molecule has 1 aliphatic carbocycles. The number of nitrogens with one attached hydrogen (secondary N) is 2. The SMILES string of the molecule is CN=C(NCCc1ccc(OC(F)(F)F)cc1)NCC1(C(=O)N(C)C)CCCC1.I. The number of alkyl halides is 3. The summed E-state index contributed by atoms with van der Waals surface area (Å²) in [6.45, 7) is 1.07. The summed E-state index contributed by atoms with van der Waals surface area (Å²) in [5, 5.41) is 6.44. The van der Waals surface area contributed by atoms with Crippen molar-refractivity contribution in [3.05, 3.63) is 29.8 Å². The van der Waals surface area contributed by atoms with Crippen molar-refractivity contribution in [2.24, 2.45) is 10.4 Å². The number of halogens is 4. The number of carbonyl (C=O) groups is 1. The quantitative estimate of drug-likeness (QED) is 0.314. The summed E-state index contributed by atoms with van der Waals surface area (Å²) < 4.78 is 40.5. The molecule has 0 spiro atoms. The van der Waals surface area contributed by atoms with E-state index in [0.717, 1.165) is 31.2 Å². The summed E-state index contributed by atoms with van der Waals surface area (Å²) in [4.78, 5) is 18.5. The molecule has 0 aromatic heterocycles. The zero-order valence-corrected chi connectivity index (χ0v) is 19.8. The van der Waals surface area contributed by atoms with Gasteiger partial charge in [0.15, 0.2) is 5.96 Å². The van der Waals surface area contributed by atoms with Gasteiger partial charge in [-0.2, -0.15) is 0 Å². The molecule has 2 N–H and O–H groups in total. The number of aliphatic imine (C=N–C) groups is 1. The average molecular weight is 542 g/mol. The molecule has 0 saturated heterocycles. The van der Waals surface area contributed by atoms with Gasteiger partial charge >= 0.3 is 6.36 Å². The van der Waals surface area contributed by atoms with Gasteiger partial charge in [-0.05, 0) is 37.0 Å². The van der Waals surface area contributed by atoms with E-state index in [1.807, 2.05) is 0 Å². The summed E-state index contributed by atoms with van der Waals surface area (Å²) in [5.41, 5.74) is 0.479. The van der Waals surface area contributed by atoms with E-state index >= 15 is 0 Å². The maximum atomic E-state index is 12.6. The number of nitrogens with zero attached hydrogens (tertiary/aromatic N) is 2. The first-order valence-corrected chi connectivity index (χ1v) is 9.66. The summed E-state index contributed by atoms with van der Waals surface area (Å²) in [7, 11) is 5.22. The van der Waals surface area contributed by atoms with Crippen LogP contribution >= 0.6 is 24.0 Å². The molecule has 0 bridgehead atoms. The van der Waals surface area contributed by atoms with Crippen LogP contribution in [-0.4, -0.2) is 57.4 Å². The predicted molar refractivity (Wildman–Crippen MR) is 121 cm³/mol. The third-order valence-corrected chi connectivity index (χ3v) is 5.10. The second-order valence-corrected chi connectivity index (χ2v) is 7.48. The first-order valence-electron chi connectivity index (χ1n) is 9.66. The third-order valence-electron chi connectivity index (χ3n) is 5.10. The number of ether oxygens (including phenoxy) is 1. The Balaban J connectivity index is 0.00000450. The fraction of sp³-hybridized carbons (Fsp3) is 0.600. The van der Waals surface area contributed by atoms with Gasteiger partial charge in [-0.15, -0.1) is 37.1 Å². The summed E-state index contributed by atoms with van der Waals surface area (Å²) in [5.74, 6) is 0.498. The van der Waals surface area contributed by atoms with E-state index in [9.17, 15) is 18.0 Å². The monoisotopic (exact) mass is 542 g/mol. The van der Waals surface area contributed by atoms with Crippen molar-refractivity contribution in [2.75, 3.05) is 34.2 Å². The zero-order valence-electron chi connectivity index (χ0n) is 17.5. The molecule has 1 fully saturated rings. The fourth-order valence-corrected chi connectivity index (χ4v) is 3.65. The van der Waals surface area contributed by atoms with Crippen LogP contribution < -0.4 is 15.4 Å². The first kappa shape index (κ1) is 26.3. The van der Waals surface area contributed by atoms with Crippen molar-refractivity contribution in [3.8, 4) is 5.75 Å². The lowest BCUT2D eigenvalue weighted by Crippen LogP contribution is -2.49. The highest BCUT2D eigenvalue weighted by molar-refractivity contribution is 14.0. The number of rotatable bonds is 7. The van der Waals surface area contributed by atoms with Crippen LogP contribution in [0.4, 0.5) is 13.2 Å². The lowest BCUT2D eigenvalue weighted by molar-refractivity contribution is -0.274.